The second-order valence-electron chi connectivity index (χ2n) is 6.97. The van der Waals surface area contributed by atoms with Gasteiger partial charge in [-0.3, -0.25) is 4.90 Å². The number of hydrogen-bond acceptors (Lipinski definition) is 4. The Morgan fingerprint density at radius 3 is 2.09 bits per heavy atom. The first-order valence-corrected chi connectivity index (χ1v) is 8.06. The largest absolute Gasteiger partial charge is 0.508 e. The Balaban J connectivity index is 3.00. The van der Waals surface area contributed by atoms with E-state index in [1.165, 1.54) is 5.56 Å². The second kappa shape index (κ2) is 7.95. The molecule has 3 N–H and O–H groups in total. The highest BCUT2D eigenvalue weighted by Gasteiger charge is 2.20. The summed E-state index contributed by atoms with van der Waals surface area (Å²) in [4.78, 5) is 1.97. The molecule has 0 fully saturated rings. The first-order valence-electron chi connectivity index (χ1n) is 8.06. The van der Waals surface area contributed by atoms with E-state index in [0.717, 1.165) is 12.0 Å². The summed E-state index contributed by atoms with van der Waals surface area (Å²) in [5, 5.41) is 29.4. The third-order valence-corrected chi connectivity index (χ3v) is 4.18. The predicted molar refractivity (Wildman–Crippen MR) is 90.1 cm³/mol. The van der Waals surface area contributed by atoms with Gasteiger partial charge in [-0.25, -0.2) is 0 Å². The Morgan fingerprint density at radius 2 is 1.64 bits per heavy atom. The summed E-state index contributed by atoms with van der Waals surface area (Å²) in [5.74, 6) is 0.261. The maximum absolute atomic E-state index is 10.1. The number of phenols is 1. The van der Waals surface area contributed by atoms with Gasteiger partial charge >= 0.3 is 0 Å². The highest BCUT2D eigenvalue weighted by atomic mass is 16.3. The van der Waals surface area contributed by atoms with Gasteiger partial charge in [0.05, 0.1) is 12.2 Å². The summed E-state index contributed by atoms with van der Waals surface area (Å²) >= 11 is 0. The molecule has 2 atom stereocenters. The van der Waals surface area contributed by atoms with Gasteiger partial charge in [-0.1, -0.05) is 32.9 Å². The van der Waals surface area contributed by atoms with E-state index >= 15 is 0 Å². The van der Waals surface area contributed by atoms with Crippen molar-refractivity contribution in [1.82, 2.24) is 4.90 Å². The third kappa shape index (κ3) is 5.59. The van der Waals surface area contributed by atoms with E-state index in [4.69, 9.17) is 0 Å². The van der Waals surface area contributed by atoms with Crippen molar-refractivity contribution in [2.45, 2.75) is 65.2 Å². The maximum atomic E-state index is 10.1. The molecule has 0 aliphatic carbocycles. The fourth-order valence-electron chi connectivity index (χ4n) is 2.53. The van der Waals surface area contributed by atoms with Crippen LogP contribution in [-0.4, -0.2) is 45.5 Å². The van der Waals surface area contributed by atoms with Crippen molar-refractivity contribution >= 4 is 0 Å². The molecular formula is C18H31NO3. The van der Waals surface area contributed by atoms with Crippen molar-refractivity contribution in [2.24, 2.45) is 0 Å². The number of aromatic hydroxyl groups is 1. The molecule has 1 aromatic rings. The average molecular weight is 309 g/mol. The molecule has 22 heavy (non-hydrogen) atoms. The van der Waals surface area contributed by atoms with E-state index in [9.17, 15) is 15.3 Å². The van der Waals surface area contributed by atoms with Crippen LogP contribution < -0.4 is 0 Å². The molecule has 0 aromatic heterocycles. The fraction of sp³-hybridized carbons (Fsp3) is 0.667. The fourth-order valence-corrected chi connectivity index (χ4v) is 2.53. The van der Waals surface area contributed by atoms with Gasteiger partial charge in [0.15, 0.2) is 0 Å². The number of benzene rings is 1. The summed E-state index contributed by atoms with van der Waals surface area (Å²) in [6, 6.07) is 5.75. The average Bonchev–Trinajstić information content (AvgIpc) is 2.39. The topological polar surface area (TPSA) is 63.9 Å². The van der Waals surface area contributed by atoms with Crippen LogP contribution in [0.5, 0.6) is 5.75 Å². The van der Waals surface area contributed by atoms with Gasteiger partial charge in [0, 0.05) is 25.2 Å². The lowest BCUT2D eigenvalue weighted by Gasteiger charge is -2.27. The van der Waals surface area contributed by atoms with E-state index in [0.29, 0.717) is 19.6 Å². The van der Waals surface area contributed by atoms with Crippen LogP contribution in [0.25, 0.3) is 0 Å². The van der Waals surface area contributed by atoms with Crippen molar-refractivity contribution in [2.75, 3.05) is 13.1 Å². The second-order valence-corrected chi connectivity index (χ2v) is 6.97. The maximum Gasteiger partial charge on any atom is 0.120 e. The molecule has 0 radical (unpaired) electrons. The molecule has 0 saturated carbocycles. The van der Waals surface area contributed by atoms with Gasteiger partial charge in [0.2, 0.25) is 0 Å². The molecule has 4 nitrogen and oxygen atoms in total. The summed E-state index contributed by atoms with van der Waals surface area (Å²) < 4.78 is 0. The first-order chi connectivity index (χ1) is 10.2. The molecule has 0 bridgehead atoms. The lowest BCUT2D eigenvalue weighted by Crippen LogP contribution is -2.35. The number of rotatable bonds is 8. The molecule has 0 amide bonds. The molecule has 1 aromatic carbocycles. The summed E-state index contributed by atoms with van der Waals surface area (Å²) in [5.41, 5.74) is 2.08. The lowest BCUT2D eigenvalue weighted by atomic mass is 9.81. The number of aliphatic hydroxyl groups excluding tert-OH is 2. The zero-order valence-corrected chi connectivity index (χ0v) is 14.5. The van der Waals surface area contributed by atoms with E-state index in [1.54, 1.807) is 19.9 Å². The lowest BCUT2D eigenvalue weighted by molar-refractivity contribution is 0.0789. The Hall–Kier alpha value is -1.10. The van der Waals surface area contributed by atoms with Gasteiger partial charge < -0.3 is 15.3 Å². The van der Waals surface area contributed by atoms with Gasteiger partial charge in [-0.05, 0) is 37.3 Å². The number of phenolic OH excluding ortho intramolecular Hbond substituents is 1. The van der Waals surface area contributed by atoms with Gasteiger partial charge in [-0.15, -0.1) is 0 Å². The van der Waals surface area contributed by atoms with Gasteiger partial charge in [0.1, 0.15) is 5.75 Å². The Bertz CT molecular complexity index is 459. The molecule has 0 spiro atoms. The van der Waals surface area contributed by atoms with Crippen LogP contribution in [0.4, 0.5) is 0 Å². The minimum absolute atomic E-state index is 0.0574. The van der Waals surface area contributed by atoms with Crippen LogP contribution in [0, 0.1) is 0 Å². The molecule has 1 rings (SSSR count). The third-order valence-electron chi connectivity index (χ3n) is 4.18. The number of nitrogens with zero attached hydrogens (tertiary/aromatic N) is 1. The Labute approximate surface area is 134 Å². The van der Waals surface area contributed by atoms with Crippen LogP contribution in [0.1, 0.15) is 52.2 Å². The van der Waals surface area contributed by atoms with Crippen molar-refractivity contribution in [1.29, 1.82) is 0 Å². The Morgan fingerprint density at radius 1 is 1.09 bits per heavy atom. The molecule has 0 aliphatic heterocycles. The standard InChI is InChI=1S/C18H31NO3/c1-6-18(4,5)16-7-8-17(22)15(9-16)12-19(10-13(2)20)11-14(3)21/h7-9,13-14,20-22H,6,10-12H2,1-5H3/t13-,14-/m0/s1. The molecule has 4 heteroatoms. The number of hydrogen-bond donors (Lipinski definition) is 3. The van der Waals surface area contributed by atoms with Crippen LogP contribution in [0.15, 0.2) is 18.2 Å². The number of aliphatic hydroxyl groups is 2. The molecule has 0 aliphatic rings. The minimum atomic E-state index is -0.476. The van der Waals surface area contributed by atoms with Crippen LogP contribution in [-0.2, 0) is 12.0 Å². The monoisotopic (exact) mass is 309 g/mol. The highest BCUT2D eigenvalue weighted by Crippen LogP contribution is 2.30. The van der Waals surface area contributed by atoms with Crippen LogP contribution >= 0.6 is 0 Å². The normalized spacial score (nSPS) is 15.1. The van der Waals surface area contributed by atoms with E-state index < -0.39 is 12.2 Å². The highest BCUT2D eigenvalue weighted by molar-refractivity contribution is 5.39. The quantitative estimate of drug-likeness (QED) is 0.691. The summed E-state index contributed by atoms with van der Waals surface area (Å²) in [6.07, 6.45) is 0.0646. The van der Waals surface area contributed by atoms with Crippen molar-refractivity contribution in [3.05, 3.63) is 29.3 Å². The predicted octanol–water partition coefficient (Wildman–Crippen LogP) is 2.64. The first kappa shape index (κ1) is 18.9. The van der Waals surface area contributed by atoms with E-state index in [1.807, 2.05) is 17.0 Å². The smallest absolute Gasteiger partial charge is 0.120 e. The van der Waals surface area contributed by atoms with Crippen LogP contribution in [0.2, 0.25) is 0 Å². The van der Waals surface area contributed by atoms with Gasteiger partial charge in [-0.2, -0.15) is 0 Å². The van der Waals surface area contributed by atoms with Crippen molar-refractivity contribution in [3.63, 3.8) is 0 Å². The van der Waals surface area contributed by atoms with Gasteiger partial charge in [0.25, 0.3) is 0 Å². The molecule has 0 unspecified atom stereocenters. The zero-order chi connectivity index (χ0) is 16.9. The molecule has 0 heterocycles. The SMILES string of the molecule is CCC(C)(C)c1ccc(O)c(CN(C[C@H](C)O)C[C@H](C)O)c1. The van der Waals surface area contributed by atoms with E-state index in [2.05, 4.69) is 20.8 Å². The van der Waals surface area contributed by atoms with Crippen molar-refractivity contribution < 1.29 is 15.3 Å². The van der Waals surface area contributed by atoms with E-state index in [-0.39, 0.29) is 11.2 Å². The molecular weight excluding hydrogens is 278 g/mol. The van der Waals surface area contributed by atoms with Crippen LogP contribution in [0.3, 0.4) is 0 Å². The Kier molecular flexibility index (Phi) is 6.85. The molecule has 126 valence electrons. The minimum Gasteiger partial charge on any atom is -0.508 e. The zero-order valence-electron chi connectivity index (χ0n) is 14.5. The van der Waals surface area contributed by atoms with Crippen molar-refractivity contribution in [3.8, 4) is 5.75 Å². The summed E-state index contributed by atoms with van der Waals surface area (Å²) in [6.45, 7) is 11.4. The molecule has 0 saturated heterocycles. The summed E-state index contributed by atoms with van der Waals surface area (Å²) in [7, 11) is 0.